The van der Waals surface area contributed by atoms with E-state index in [4.69, 9.17) is 14.5 Å². The van der Waals surface area contributed by atoms with E-state index in [0.29, 0.717) is 19.1 Å². The SMILES string of the molecule is CCCOCCN1c2ccccc2C(C)(C)C12CN=C1C3=CCC=CC3CCC1O2. The summed E-state index contributed by atoms with van der Waals surface area (Å²) < 4.78 is 13.0. The number of benzene rings is 1. The second kappa shape index (κ2) is 7.65. The van der Waals surface area contributed by atoms with Gasteiger partial charge in [0.05, 0.1) is 18.9 Å². The third kappa shape index (κ3) is 2.91. The number of para-hydroxylation sites is 1. The molecule has 0 amide bonds. The number of aliphatic imine (C=N–C) groups is 1. The van der Waals surface area contributed by atoms with Crippen LogP contribution in [0.25, 0.3) is 0 Å². The third-order valence-corrected chi connectivity index (χ3v) is 7.47. The van der Waals surface area contributed by atoms with Crippen molar-refractivity contribution in [2.24, 2.45) is 10.9 Å². The Bertz CT molecular complexity index is 900. The maximum atomic E-state index is 7.13. The van der Waals surface area contributed by atoms with Gasteiger partial charge in [-0.2, -0.15) is 0 Å². The summed E-state index contributed by atoms with van der Waals surface area (Å²) in [4.78, 5) is 7.71. The Morgan fingerprint density at radius 1 is 1.20 bits per heavy atom. The van der Waals surface area contributed by atoms with Gasteiger partial charge in [-0.15, -0.1) is 0 Å². The van der Waals surface area contributed by atoms with Crippen LogP contribution < -0.4 is 4.90 Å². The summed E-state index contributed by atoms with van der Waals surface area (Å²) in [6.07, 6.45) is 11.3. The summed E-state index contributed by atoms with van der Waals surface area (Å²) in [6, 6.07) is 8.78. The fourth-order valence-electron chi connectivity index (χ4n) is 5.84. The average molecular weight is 407 g/mol. The Hall–Kier alpha value is -1.91. The largest absolute Gasteiger partial charge is 0.380 e. The van der Waals surface area contributed by atoms with Crippen molar-refractivity contribution in [3.8, 4) is 0 Å². The molecule has 1 aromatic carbocycles. The zero-order valence-electron chi connectivity index (χ0n) is 18.6. The molecule has 0 saturated heterocycles. The van der Waals surface area contributed by atoms with E-state index in [1.807, 2.05) is 0 Å². The monoisotopic (exact) mass is 406 g/mol. The summed E-state index contributed by atoms with van der Waals surface area (Å²) in [5.74, 6) is 0.527. The first-order valence-corrected chi connectivity index (χ1v) is 11.6. The van der Waals surface area contributed by atoms with E-state index in [9.17, 15) is 0 Å². The summed E-state index contributed by atoms with van der Waals surface area (Å²) in [7, 11) is 0. The number of hydrogen-bond donors (Lipinski definition) is 0. The number of nitrogens with zero attached hydrogens (tertiary/aromatic N) is 2. The van der Waals surface area contributed by atoms with Crippen LogP contribution in [0.1, 0.15) is 52.0 Å². The molecular formula is C26H34N2O2. The number of allylic oxidation sites excluding steroid dienone is 3. The lowest BCUT2D eigenvalue weighted by Gasteiger charge is -2.52. The van der Waals surface area contributed by atoms with Crippen LogP contribution in [0.3, 0.4) is 0 Å². The molecule has 1 aromatic rings. The zero-order chi connectivity index (χ0) is 20.8. The van der Waals surface area contributed by atoms with Gasteiger partial charge in [0.2, 0.25) is 0 Å². The lowest BCUT2D eigenvalue weighted by atomic mass is 9.74. The second-order valence-electron chi connectivity index (χ2n) is 9.51. The Labute approximate surface area is 180 Å². The minimum absolute atomic E-state index is 0.0837. The average Bonchev–Trinajstić information content (AvgIpc) is 2.95. The van der Waals surface area contributed by atoms with Crippen LogP contribution in [0.15, 0.2) is 53.1 Å². The fraction of sp³-hybridized carbons (Fsp3) is 0.577. The van der Waals surface area contributed by atoms with E-state index in [-0.39, 0.29) is 11.5 Å². The molecule has 2 aliphatic carbocycles. The molecule has 5 rings (SSSR count). The molecule has 160 valence electrons. The zero-order valence-corrected chi connectivity index (χ0v) is 18.6. The Morgan fingerprint density at radius 2 is 2.07 bits per heavy atom. The van der Waals surface area contributed by atoms with Crippen molar-refractivity contribution in [3.05, 3.63) is 53.6 Å². The van der Waals surface area contributed by atoms with Gasteiger partial charge in [-0.1, -0.05) is 57.2 Å². The summed E-state index contributed by atoms with van der Waals surface area (Å²) in [6.45, 7) is 9.82. The van der Waals surface area contributed by atoms with Gasteiger partial charge in [0.25, 0.3) is 0 Å². The molecule has 4 aliphatic rings. The van der Waals surface area contributed by atoms with Gasteiger partial charge in [-0.3, -0.25) is 4.99 Å². The van der Waals surface area contributed by atoms with E-state index in [1.165, 1.54) is 22.5 Å². The molecule has 0 N–H and O–H groups in total. The van der Waals surface area contributed by atoms with E-state index < -0.39 is 5.72 Å². The lowest BCUT2D eigenvalue weighted by Crippen LogP contribution is -2.65. The highest BCUT2D eigenvalue weighted by molar-refractivity contribution is 6.05. The molecule has 1 saturated carbocycles. The first kappa shape index (κ1) is 20.0. The molecule has 3 unspecified atom stereocenters. The van der Waals surface area contributed by atoms with E-state index >= 15 is 0 Å². The topological polar surface area (TPSA) is 34.1 Å². The van der Waals surface area contributed by atoms with Crippen molar-refractivity contribution >= 4 is 11.4 Å². The van der Waals surface area contributed by atoms with Gasteiger partial charge in [-0.25, -0.2) is 0 Å². The predicted octanol–water partition coefficient (Wildman–Crippen LogP) is 5.04. The first-order chi connectivity index (χ1) is 14.6. The van der Waals surface area contributed by atoms with Crippen molar-refractivity contribution in [2.45, 2.75) is 63.7 Å². The number of rotatable bonds is 5. The highest BCUT2D eigenvalue weighted by Gasteiger charge is 2.60. The van der Waals surface area contributed by atoms with Gasteiger partial charge < -0.3 is 14.4 Å². The van der Waals surface area contributed by atoms with Crippen LogP contribution in [0, 0.1) is 5.92 Å². The first-order valence-electron chi connectivity index (χ1n) is 11.6. The molecule has 3 atom stereocenters. The van der Waals surface area contributed by atoms with Crippen LogP contribution >= 0.6 is 0 Å². The molecule has 1 fully saturated rings. The standard InChI is InChI=1S/C26H34N2O2/c1-4-16-29-17-15-28-22-12-8-7-11-21(22)25(2,3)26(28)18-27-24-20-10-6-5-9-19(20)13-14-23(24)30-26/h5,7-12,19,23H,4,6,13-18H2,1-3H3. The quantitative estimate of drug-likeness (QED) is 0.507. The van der Waals surface area contributed by atoms with Gasteiger partial charge in [0, 0.05) is 30.2 Å². The number of anilines is 1. The van der Waals surface area contributed by atoms with E-state index in [2.05, 4.69) is 68.2 Å². The van der Waals surface area contributed by atoms with Gasteiger partial charge in [0.15, 0.2) is 5.72 Å². The van der Waals surface area contributed by atoms with Gasteiger partial charge in [-0.05, 0) is 42.9 Å². The Morgan fingerprint density at radius 3 is 2.93 bits per heavy atom. The maximum absolute atomic E-state index is 7.13. The van der Waals surface area contributed by atoms with Crippen molar-refractivity contribution in [1.82, 2.24) is 0 Å². The highest BCUT2D eigenvalue weighted by Crippen LogP contribution is 2.54. The number of ether oxygens (including phenoxy) is 2. The smallest absolute Gasteiger partial charge is 0.171 e. The number of fused-ring (bicyclic) bond motifs is 4. The summed E-state index contributed by atoms with van der Waals surface area (Å²) in [5, 5.41) is 0. The Kier molecular flexibility index (Phi) is 5.11. The summed E-state index contributed by atoms with van der Waals surface area (Å²) >= 11 is 0. The van der Waals surface area contributed by atoms with Gasteiger partial charge >= 0.3 is 0 Å². The molecule has 1 spiro atoms. The van der Waals surface area contributed by atoms with Crippen molar-refractivity contribution < 1.29 is 9.47 Å². The van der Waals surface area contributed by atoms with Crippen LogP contribution in [-0.4, -0.2) is 43.8 Å². The molecule has 0 aromatic heterocycles. The minimum Gasteiger partial charge on any atom is -0.380 e. The van der Waals surface area contributed by atoms with Crippen LogP contribution in [-0.2, 0) is 14.9 Å². The normalized spacial score (nSPS) is 31.1. The molecule has 0 bridgehead atoms. The number of hydrogen-bond acceptors (Lipinski definition) is 4. The highest BCUT2D eigenvalue weighted by atomic mass is 16.5. The second-order valence-corrected chi connectivity index (χ2v) is 9.51. The van der Waals surface area contributed by atoms with Gasteiger partial charge in [0.1, 0.15) is 6.10 Å². The molecular weight excluding hydrogens is 372 g/mol. The van der Waals surface area contributed by atoms with E-state index in [0.717, 1.165) is 38.8 Å². The maximum Gasteiger partial charge on any atom is 0.171 e. The molecule has 4 heteroatoms. The third-order valence-electron chi connectivity index (χ3n) is 7.47. The van der Waals surface area contributed by atoms with Crippen molar-refractivity contribution in [2.75, 3.05) is 31.2 Å². The van der Waals surface area contributed by atoms with Crippen LogP contribution in [0.2, 0.25) is 0 Å². The molecule has 2 aliphatic heterocycles. The van der Waals surface area contributed by atoms with E-state index in [1.54, 1.807) is 0 Å². The Balaban J connectivity index is 1.51. The fourth-order valence-corrected chi connectivity index (χ4v) is 5.84. The van der Waals surface area contributed by atoms with Crippen molar-refractivity contribution in [3.63, 3.8) is 0 Å². The van der Waals surface area contributed by atoms with Crippen LogP contribution in [0.4, 0.5) is 5.69 Å². The predicted molar refractivity (Wildman–Crippen MR) is 122 cm³/mol. The summed E-state index contributed by atoms with van der Waals surface area (Å²) in [5.41, 5.74) is 4.63. The molecule has 30 heavy (non-hydrogen) atoms. The minimum atomic E-state index is -0.460. The van der Waals surface area contributed by atoms with Crippen LogP contribution in [0.5, 0.6) is 0 Å². The molecule has 4 nitrogen and oxygen atoms in total. The lowest BCUT2D eigenvalue weighted by molar-refractivity contribution is -0.111. The van der Waals surface area contributed by atoms with Crippen molar-refractivity contribution in [1.29, 1.82) is 0 Å². The molecule has 0 radical (unpaired) electrons. The molecule has 2 heterocycles.